The molecular weight excluding hydrogens is 216 g/mol. The van der Waals surface area contributed by atoms with Crippen LogP contribution < -0.4 is 5.32 Å². The van der Waals surface area contributed by atoms with Crippen LogP contribution in [0.25, 0.3) is 0 Å². The highest BCUT2D eigenvalue weighted by Crippen LogP contribution is 2.16. The number of aromatic nitrogens is 2. The molecule has 1 aromatic rings. The maximum Gasteiger partial charge on any atom is 0.260 e. The summed E-state index contributed by atoms with van der Waals surface area (Å²) < 4.78 is 26.9. The van der Waals surface area contributed by atoms with Crippen LogP contribution in [0.5, 0.6) is 0 Å². The second kappa shape index (κ2) is 3.58. The van der Waals surface area contributed by atoms with Crippen molar-refractivity contribution in [3.8, 4) is 0 Å². The Bertz CT molecular complexity index is 449. The van der Waals surface area contributed by atoms with Gasteiger partial charge < -0.3 is 5.32 Å². The van der Waals surface area contributed by atoms with Gasteiger partial charge in [0.15, 0.2) is 5.03 Å². The van der Waals surface area contributed by atoms with Gasteiger partial charge in [-0.05, 0) is 6.07 Å². The molecule has 0 radical (unpaired) electrons. The molecule has 0 bridgehead atoms. The van der Waals surface area contributed by atoms with E-state index in [0.29, 0.717) is 13.1 Å². The van der Waals surface area contributed by atoms with Crippen LogP contribution in [0.15, 0.2) is 17.3 Å². The van der Waals surface area contributed by atoms with E-state index in [-0.39, 0.29) is 11.1 Å². The lowest BCUT2D eigenvalue weighted by molar-refractivity contribution is 0.272. The molecule has 1 N–H and O–H groups in total. The van der Waals surface area contributed by atoms with Crippen LogP contribution in [0, 0.1) is 0 Å². The number of likely N-dealkylation sites (N-methyl/N-ethyl adjacent to an activating group) is 1. The van der Waals surface area contributed by atoms with Crippen LogP contribution in [0.2, 0.25) is 0 Å². The smallest absolute Gasteiger partial charge is 0.260 e. The van der Waals surface area contributed by atoms with Gasteiger partial charge in [0.2, 0.25) is 0 Å². The first-order valence-corrected chi connectivity index (χ1v) is 6.14. The fourth-order valence-corrected chi connectivity index (χ4v) is 2.94. The van der Waals surface area contributed by atoms with Gasteiger partial charge >= 0.3 is 0 Å². The number of hydrogen-bond donors (Lipinski definition) is 1. The first kappa shape index (κ1) is 10.6. The van der Waals surface area contributed by atoms with E-state index in [2.05, 4.69) is 10.4 Å². The minimum Gasteiger partial charge on any atom is -0.313 e. The topological polar surface area (TPSA) is 67.2 Å². The Morgan fingerprint density at radius 1 is 1.60 bits per heavy atom. The molecule has 6 nitrogen and oxygen atoms in total. The first-order chi connectivity index (χ1) is 7.03. The van der Waals surface area contributed by atoms with Gasteiger partial charge in [-0.15, -0.1) is 0 Å². The molecule has 2 rings (SSSR count). The number of aryl methyl sites for hydroxylation is 1. The van der Waals surface area contributed by atoms with Gasteiger partial charge in [-0.3, -0.25) is 4.68 Å². The standard InChI is InChI=1S/C8H14N4O2S/c1-11-8(3-4-10-11)15(13,14)12(2)7-5-9-6-7/h3-4,7,9H,5-6H2,1-2H3. The minimum absolute atomic E-state index is 0.0601. The van der Waals surface area contributed by atoms with E-state index in [9.17, 15) is 8.42 Å². The molecule has 0 aromatic carbocycles. The molecule has 0 amide bonds. The lowest BCUT2D eigenvalue weighted by Crippen LogP contribution is -2.57. The average Bonchev–Trinajstić information content (AvgIpc) is 2.48. The van der Waals surface area contributed by atoms with Crippen molar-refractivity contribution in [1.29, 1.82) is 0 Å². The average molecular weight is 230 g/mol. The summed E-state index contributed by atoms with van der Waals surface area (Å²) in [6.45, 7) is 1.43. The Morgan fingerprint density at radius 2 is 2.27 bits per heavy atom. The molecule has 84 valence electrons. The van der Waals surface area contributed by atoms with E-state index in [1.807, 2.05) is 0 Å². The lowest BCUT2D eigenvalue weighted by Gasteiger charge is -2.34. The summed E-state index contributed by atoms with van der Waals surface area (Å²) in [5, 5.41) is 7.14. The van der Waals surface area contributed by atoms with Gasteiger partial charge in [-0.25, -0.2) is 8.42 Å². The van der Waals surface area contributed by atoms with Crippen LogP contribution in [0.4, 0.5) is 0 Å². The van der Waals surface area contributed by atoms with E-state index in [4.69, 9.17) is 0 Å². The third-order valence-electron chi connectivity index (χ3n) is 2.69. The van der Waals surface area contributed by atoms with Gasteiger partial charge in [0.1, 0.15) is 0 Å². The van der Waals surface area contributed by atoms with Crippen LogP contribution >= 0.6 is 0 Å². The fourth-order valence-electron chi connectivity index (χ4n) is 1.49. The second-order valence-corrected chi connectivity index (χ2v) is 5.57. The first-order valence-electron chi connectivity index (χ1n) is 4.70. The summed E-state index contributed by atoms with van der Waals surface area (Å²) in [6.07, 6.45) is 1.49. The Morgan fingerprint density at radius 3 is 2.67 bits per heavy atom. The molecule has 15 heavy (non-hydrogen) atoms. The number of nitrogens with one attached hydrogen (secondary N) is 1. The van der Waals surface area contributed by atoms with Gasteiger partial charge in [-0.2, -0.15) is 9.40 Å². The Hall–Kier alpha value is -0.920. The van der Waals surface area contributed by atoms with Crippen molar-refractivity contribution in [2.45, 2.75) is 11.1 Å². The molecule has 1 saturated heterocycles. The van der Waals surface area contributed by atoms with Crippen molar-refractivity contribution in [2.24, 2.45) is 7.05 Å². The van der Waals surface area contributed by atoms with E-state index in [1.54, 1.807) is 14.1 Å². The summed E-state index contributed by atoms with van der Waals surface area (Å²) in [5.74, 6) is 0. The van der Waals surface area contributed by atoms with Crippen molar-refractivity contribution in [3.63, 3.8) is 0 Å². The van der Waals surface area contributed by atoms with Gasteiger partial charge in [-0.1, -0.05) is 0 Å². The molecular formula is C8H14N4O2S. The minimum atomic E-state index is -3.39. The number of rotatable bonds is 3. The number of nitrogens with zero attached hydrogens (tertiary/aromatic N) is 3. The Balaban J connectivity index is 2.30. The van der Waals surface area contributed by atoms with Crippen molar-refractivity contribution in [3.05, 3.63) is 12.3 Å². The zero-order valence-corrected chi connectivity index (χ0v) is 9.53. The van der Waals surface area contributed by atoms with Crippen molar-refractivity contribution in [2.75, 3.05) is 20.1 Å². The highest BCUT2D eigenvalue weighted by molar-refractivity contribution is 7.89. The molecule has 0 spiro atoms. The molecule has 1 fully saturated rings. The predicted octanol–water partition coefficient (Wildman–Crippen LogP) is -0.988. The fraction of sp³-hybridized carbons (Fsp3) is 0.625. The van der Waals surface area contributed by atoms with Crippen molar-refractivity contribution < 1.29 is 8.42 Å². The monoisotopic (exact) mass is 230 g/mol. The zero-order valence-electron chi connectivity index (χ0n) is 8.71. The van der Waals surface area contributed by atoms with Crippen LogP contribution in [-0.2, 0) is 17.1 Å². The quantitative estimate of drug-likeness (QED) is 0.724. The summed E-state index contributed by atoms with van der Waals surface area (Å²) in [5.41, 5.74) is 0. The van der Waals surface area contributed by atoms with E-state index >= 15 is 0 Å². The molecule has 7 heteroatoms. The molecule has 1 aliphatic rings. The highest BCUT2D eigenvalue weighted by Gasteiger charge is 2.33. The van der Waals surface area contributed by atoms with E-state index in [0.717, 1.165) is 0 Å². The summed E-state index contributed by atoms with van der Waals surface area (Å²) in [4.78, 5) is 0. The summed E-state index contributed by atoms with van der Waals surface area (Å²) in [6, 6.07) is 1.57. The second-order valence-electron chi connectivity index (χ2n) is 3.63. The Labute approximate surface area is 88.9 Å². The van der Waals surface area contributed by atoms with E-state index < -0.39 is 10.0 Å². The normalized spacial score (nSPS) is 18.1. The van der Waals surface area contributed by atoms with Crippen LogP contribution in [0.3, 0.4) is 0 Å². The predicted molar refractivity (Wildman–Crippen MR) is 54.8 cm³/mol. The lowest BCUT2D eigenvalue weighted by atomic mass is 10.2. The van der Waals surface area contributed by atoms with Crippen molar-refractivity contribution in [1.82, 2.24) is 19.4 Å². The van der Waals surface area contributed by atoms with Crippen molar-refractivity contribution >= 4 is 10.0 Å². The number of sulfonamides is 1. The Kier molecular flexibility index (Phi) is 2.53. The SMILES string of the molecule is CN(C1CNC1)S(=O)(=O)c1ccnn1C. The molecule has 0 unspecified atom stereocenters. The maximum atomic E-state index is 12.1. The van der Waals surface area contributed by atoms with Gasteiger partial charge in [0, 0.05) is 33.2 Å². The van der Waals surface area contributed by atoms with Crippen LogP contribution in [0.1, 0.15) is 0 Å². The molecule has 1 aliphatic heterocycles. The third-order valence-corrected chi connectivity index (χ3v) is 4.68. The van der Waals surface area contributed by atoms with Gasteiger partial charge in [0.25, 0.3) is 10.0 Å². The number of hydrogen-bond acceptors (Lipinski definition) is 4. The summed E-state index contributed by atoms with van der Waals surface area (Å²) in [7, 11) is -0.163. The maximum absolute atomic E-state index is 12.1. The van der Waals surface area contributed by atoms with Crippen LogP contribution in [-0.4, -0.2) is 48.7 Å². The largest absolute Gasteiger partial charge is 0.313 e. The molecule has 0 aliphatic carbocycles. The zero-order chi connectivity index (χ0) is 11.1. The molecule has 0 saturated carbocycles. The summed E-state index contributed by atoms with van der Waals surface area (Å²) >= 11 is 0. The third kappa shape index (κ3) is 1.66. The van der Waals surface area contributed by atoms with E-state index in [1.165, 1.54) is 21.3 Å². The molecule has 2 heterocycles. The van der Waals surface area contributed by atoms with Gasteiger partial charge in [0.05, 0.1) is 6.20 Å². The molecule has 1 aromatic heterocycles. The molecule has 0 atom stereocenters. The highest BCUT2D eigenvalue weighted by atomic mass is 32.2.